The number of nitrogens with one attached hydrogen (secondary N) is 2. The Labute approximate surface area is 166 Å². The van der Waals surface area contributed by atoms with E-state index in [1.54, 1.807) is 24.3 Å². The molecule has 0 saturated carbocycles. The second kappa shape index (κ2) is 8.97. The first-order valence-electron chi connectivity index (χ1n) is 8.73. The second-order valence-corrected chi connectivity index (χ2v) is 6.14. The molecule has 3 aromatic carbocycles. The third-order valence-corrected chi connectivity index (χ3v) is 4.21. The van der Waals surface area contributed by atoms with Gasteiger partial charge >= 0.3 is 0 Å². The van der Waals surface area contributed by atoms with E-state index in [0.29, 0.717) is 11.3 Å². The van der Waals surface area contributed by atoms with Crippen LogP contribution in [0.3, 0.4) is 0 Å². The number of para-hydroxylation sites is 1. The van der Waals surface area contributed by atoms with Gasteiger partial charge in [0.1, 0.15) is 23.5 Å². The summed E-state index contributed by atoms with van der Waals surface area (Å²) in [6, 6.07) is 16.9. The lowest BCUT2D eigenvalue weighted by Crippen LogP contribution is -2.41. The van der Waals surface area contributed by atoms with Crippen LogP contribution in [0.4, 0.5) is 8.78 Å². The van der Waals surface area contributed by atoms with Gasteiger partial charge in [-0.05, 0) is 54.6 Å². The van der Waals surface area contributed by atoms with Crippen LogP contribution in [0.1, 0.15) is 32.4 Å². The Hall–Kier alpha value is -3.74. The topological polar surface area (TPSA) is 67.4 Å². The number of carbonyl (C=O) groups excluding carboxylic acids is 2. The molecule has 0 saturated heterocycles. The zero-order valence-corrected chi connectivity index (χ0v) is 15.5. The molecule has 7 heteroatoms. The summed E-state index contributed by atoms with van der Waals surface area (Å²) in [5.41, 5.74) is 0.964. The van der Waals surface area contributed by atoms with Gasteiger partial charge < -0.3 is 15.4 Å². The maximum atomic E-state index is 13.1. The lowest BCUT2D eigenvalue weighted by molar-refractivity contribution is 0.0882. The molecule has 3 aromatic rings. The molecule has 0 aromatic heterocycles. The molecule has 5 nitrogen and oxygen atoms in total. The molecule has 0 aliphatic heterocycles. The molecule has 3 rings (SSSR count). The normalized spacial score (nSPS) is 10.5. The van der Waals surface area contributed by atoms with E-state index in [1.807, 2.05) is 0 Å². The number of hydrogen-bond donors (Lipinski definition) is 2. The molecule has 2 N–H and O–H groups in total. The van der Waals surface area contributed by atoms with E-state index in [0.717, 1.165) is 0 Å². The number of methoxy groups -OCH3 is 1. The first-order valence-corrected chi connectivity index (χ1v) is 8.73. The van der Waals surface area contributed by atoms with Crippen LogP contribution in [0.5, 0.6) is 5.75 Å². The molecule has 0 heterocycles. The average Bonchev–Trinajstić information content (AvgIpc) is 2.74. The maximum Gasteiger partial charge on any atom is 0.253 e. The van der Waals surface area contributed by atoms with Crippen LogP contribution in [0.15, 0.2) is 72.8 Å². The summed E-state index contributed by atoms with van der Waals surface area (Å²) in [5.74, 6) is -1.50. The van der Waals surface area contributed by atoms with E-state index in [4.69, 9.17) is 4.74 Å². The number of ether oxygens (including phenoxy) is 1. The monoisotopic (exact) mass is 396 g/mol. The maximum absolute atomic E-state index is 13.1. The van der Waals surface area contributed by atoms with Crippen molar-refractivity contribution < 1.29 is 23.1 Å². The van der Waals surface area contributed by atoms with Gasteiger partial charge in [-0.15, -0.1) is 0 Å². The van der Waals surface area contributed by atoms with Crippen molar-refractivity contribution in [1.29, 1.82) is 0 Å². The Morgan fingerprint density at radius 3 is 1.66 bits per heavy atom. The van der Waals surface area contributed by atoms with Gasteiger partial charge in [-0.2, -0.15) is 0 Å². The van der Waals surface area contributed by atoms with Gasteiger partial charge in [0.05, 0.1) is 7.11 Å². The number of amides is 2. The highest BCUT2D eigenvalue weighted by atomic mass is 19.1. The quantitative estimate of drug-likeness (QED) is 0.623. The van der Waals surface area contributed by atoms with Crippen LogP contribution in [-0.4, -0.2) is 18.9 Å². The van der Waals surface area contributed by atoms with Gasteiger partial charge in [-0.25, -0.2) is 8.78 Å². The van der Waals surface area contributed by atoms with Gasteiger partial charge in [0.25, 0.3) is 11.8 Å². The lowest BCUT2D eigenvalue weighted by atomic mass is 10.1. The molecule has 148 valence electrons. The minimum absolute atomic E-state index is 0.224. The molecule has 0 spiro atoms. The summed E-state index contributed by atoms with van der Waals surface area (Å²) in [6.07, 6.45) is -0.943. The predicted octanol–water partition coefficient (Wildman–Crippen LogP) is 3.83. The molecule has 0 atom stereocenters. The molecule has 0 aliphatic rings. The van der Waals surface area contributed by atoms with Crippen LogP contribution in [0.25, 0.3) is 0 Å². The van der Waals surface area contributed by atoms with E-state index in [9.17, 15) is 18.4 Å². The van der Waals surface area contributed by atoms with Crippen LogP contribution in [0.2, 0.25) is 0 Å². The Kier molecular flexibility index (Phi) is 6.19. The highest BCUT2D eigenvalue weighted by Crippen LogP contribution is 2.24. The standard InChI is InChI=1S/C22H18F2N2O3/c1-29-19-5-3-2-4-18(19)20(25-21(27)14-6-10-16(23)11-7-14)26-22(28)15-8-12-17(24)13-9-15/h2-13,20H,1H3,(H,25,27)(H,26,28). The largest absolute Gasteiger partial charge is 0.496 e. The fourth-order valence-corrected chi connectivity index (χ4v) is 2.73. The highest BCUT2D eigenvalue weighted by Gasteiger charge is 2.22. The number of rotatable bonds is 6. The first-order chi connectivity index (χ1) is 14.0. The summed E-state index contributed by atoms with van der Waals surface area (Å²) in [5, 5.41) is 5.42. The molecule has 0 unspecified atom stereocenters. The number of halogens is 2. The molecular weight excluding hydrogens is 378 g/mol. The third kappa shape index (κ3) is 4.95. The average molecular weight is 396 g/mol. The molecule has 0 radical (unpaired) electrons. The van der Waals surface area contributed by atoms with Crippen LogP contribution in [0, 0.1) is 11.6 Å². The van der Waals surface area contributed by atoms with Crippen molar-refractivity contribution in [2.75, 3.05) is 7.11 Å². The smallest absolute Gasteiger partial charge is 0.253 e. The van der Waals surface area contributed by atoms with Crippen molar-refractivity contribution in [1.82, 2.24) is 10.6 Å². The summed E-state index contributed by atoms with van der Waals surface area (Å²) in [6.45, 7) is 0. The van der Waals surface area contributed by atoms with Crippen molar-refractivity contribution in [3.05, 3.63) is 101 Å². The van der Waals surface area contributed by atoms with E-state index < -0.39 is 29.6 Å². The lowest BCUT2D eigenvalue weighted by Gasteiger charge is -2.22. The minimum atomic E-state index is -0.943. The zero-order valence-electron chi connectivity index (χ0n) is 15.5. The van der Waals surface area contributed by atoms with Crippen molar-refractivity contribution >= 4 is 11.8 Å². The Bertz CT molecular complexity index is 946. The van der Waals surface area contributed by atoms with Crippen LogP contribution >= 0.6 is 0 Å². The SMILES string of the molecule is COc1ccccc1C(NC(=O)c1ccc(F)cc1)NC(=O)c1ccc(F)cc1. The Morgan fingerprint density at radius 2 is 1.21 bits per heavy atom. The van der Waals surface area contributed by atoms with Gasteiger partial charge in [0.2, 0.25) is 0 Å². The molecule has 0 bridgehead atoms. The Balaban J connectivity index is 1.88. The number of hydrogen-bond acceptors (Lipinski definition) is 3. The van der Waals surface area contributed by atoms with Crippen LogP contribution < -0.4 is 15.4 Å². The van der Waals surface area contributed by atoms with Gasteiger partial charge in [-0.3, -0.25) is 9.59 Å². The van der Waals surface area contributed by atoms with Crippen molar-refractivity contribution in [2.24, 2.45) is 0 Å². The summed E-state index contributed by atoms with van der Waals surface area (Å²) >= 11 is 0. The molecule has 2 amide bonds. The summed E-state index contributed by atoms with van der Waals surface area (Å²) < 4.78 is 31.6. The number of benzene rings is 3. The van der Waals surface area contributed by atoms with Crippen molar-refractivity contribution in [2.45, 2.75) is 6.17 Å². The summed E-state index contributed by atoms with van der Waals surface area (Å²) in [7, 11) is 1.47. The van der Waals surface area contributed by atoms with E-state index in [2.05, 4.69) is 10.6 Å². The van der Waals surface area contributed by atoms with Gasteiger partial charge in [-0.1, -0.05) is 18.2 Å². The fraction of sp³-hybridized carbons (Fsp3) is 0.0909. The minimum Gasteiger partial charge on any atom is -0.496 e. The first kappa shape index (κ1) is 20.0. The highest BCUT2D eigenvalue weighted by molar-refractivity contribution is 5.96. The molecule has 0 fully saturated rings. The van der Waals surface area contributed by atoms with E-state index in [1.165, 1.54) is 55.6 Å². The molecular formula is C22H18F2N2O3. The summed E-state index contributed by atoms with van der Waals surface area (Å²) in [4.78, 5) is 25.3. The van der Waals surface area contributed by atoms with Crippen molar-refractivity contribution in [3.8, 4) is 5.75 Å². The number of carbonyl (C=O) groups is 2. The Morgan fingerprint density at radius 1 is 0.759 bits per heavy atom. The van der Waals surface area contributed by atoms with Gasteiger partial charge in [0, 0.05) is 16.7 Å². The van der Waals surface area contributed by atoms with Gasteiger partial charge in [0.15, 0.2) is 0 Å². The molecule has 29 heavy (non-hydrogen) atoms. The second-order valence-electron chi connectivity index (χ2n) is 6.14. The predicted molar refractivity (Wildman–Crippen MR) is 103 cm³/mol. The molecule has 0 aliphatic carbocycles. The third-order valence-electron chi connectivity index (χ3n) is 4.21. The van der Waals surface area contributed by atoms with E-state index >= 15 is 0 Å². The van der Waals surface area contributed by atoms with Crippen molar-refractivity contribution in [3.63, 3.8) is 0 Å². The fourth-order valence-electron chi connectivity index (χ4n) is 2.73. The zero-order chi connectivity index (χ0) is 20.8. The van der Waals surface area contributed by atoms with E-state index in [-0.39, 0.29) is 11.1 Å². The van der Waals surface area contributed by atoms with Crippen LogP contribution in [-0.2, 0) is 0 Å².